The van der Waals surface area contributed by atoms with Crippen LogP contribution in [0.5, 0.6) is 0 Å². The maximum Gasteiger partial charge on any atom is 0.348 e. The number of amides is 1. The summed E-state index contributed by atoms with van der Waals surface area (Å²) < 4.78 is 4.58. The van der Waals surface area contributed by atoms with E-state index in [0.29, 0.717) is 9.88 Å². The van der Waals surface area contributed by atoms with Crippen molar-refractivity contribution >= 4 is 28.2 Å². The van der Waals surface area contributed by atoms with Crippen LogP contribution in [0.25, 0.3) is 0 Å². The van der Waals surface area contributed by atoms with Gasteiger partial charge in [-0.05, 0) is 18.6 Å². The van der Waals surface area contributed by atoms with Crippen LogP contribution < -0.4 is 5.32 Å². The first-order valence-corrected chi connectivity index (χ1v) is 5.89. The molecule has 0 saturated heterocycles. The van der Waals surface area contributed by atoms with Gasteiger partial charge in [0.25, 0.3) is 0 Å². The Bertz CT molecular complexity index is 386. The highest BCUT2D eigenvalue weighted by Crippen LogP contribution is 2.23. The molecular weight excluding hydrogens is 226 g/mol. The third-order valence-electron chi connectivity index (χ3n) is 2.30. The fourth-order valence-corrected chi connectivity index (χ4v) is 1.87. The first kappa shape index (κ1) is 12.7. The number of carbonyl (C=O) groups is 2. The van der Waals surface area contributed by atoms with Gasteiger partial charge in [0, 0.05) is 5.92 Å². The van der Waals surface area contributed by atoms with Crippen molar-refractivity contribution in [3.63, 3.8) is 0 Å². The van der Waals surface area contributed by atoms with Gasteiger partial charge in [0.15, 0.2) is 0 Å². The average Bonchev–Trinajstić information content (AvgIpc) is 2.75. The van der Waals surface area contributed by atoms with Crippen molar-refractivity contribution in [2.45, 2.75) is 20.3 Å². The lowest BCUT2D eigenvalue weighted by atomic mass is 10.1. The van der Waals surface area contributed by atoms with Gasteiger partial charge in [0.05, 0.1) is 12.1 Å². The molecule has 5 heteroatoms. The van der Waals surface area contributed by atoms with Gasteiger partial charge in [-0.3, -0.25) is 4.79 Å². The monoisotopic (exact) mass is 241 g/mol. The molecule has 1 rings (SSSR count). The van der Waals surface area contributed by atoms with Crippen LogP contribution >= 0.6 is 11.3 Å². The number of carbonyl (C=O) groups excluding carboxylic acids is 2. The van der Waals surface area contributed by atoms with Crippen molar-refractivity contribution in [2.75, 3.05) is 12.4 Å². The topological polar surface area (TPSA) is 55.4 Å². The molecule has 1 N–H and O–H groups in total. The zero-order valence-electron chi connectivity index (χ0n) is 9.57. The second-order valence-electron chi connectivity index (χ2n) is 3.45. The maximum absolute atomic E-state index is 11.6. The predicted octanol–water partition coefficient (Wildman–Crippen LogP) is 2.52. The molecule has 0 unspecified atom stereocenters. The van der Waals surface area contributed by atoms with Crippen LogP contribution in [0.2, 0.25) is 0 Å². The highest BCUT2D eigenvalue weighted by molar-refractivity contribution is 7.18. The molecule has 0 aromatic carbocycles. The Kier molecular flexibility index (Phi) is 4.49. The summed E-state index contributed by atoms with van der Waals surface area (Å²) in [4.78, 5) is 23.2. The third-order valence-corrected chi connectivity index (χ3v) is 3.28. The maximum atomic E-state index is 11.6. The number of ether oxygens (including phenoxy) is 1. The fraction of sp³-hybridized carbons (Fsp3) is 0.455. The summed E-state index contributed by atoms with van der Waals surface area (Å²) in [5.41, 5.74) is 0. The Morgan fingerprint density at radius 1 is 1.50 bits per heavy atom. The van der Waals surface area contributed by atoms with E-state index in [1.807, 2.05) is 13.8 Å². The molecule has 0 fully saturated rings. The summed E-state index contributed by atoms with van der Waals surface area (Å²) in [6.45, 7) is 3.82. The number of nitrogens with one attached hydrogen (secondary N) is 1. The van der Waals surface area contributed by atoms with Gasteiger partial charge < -0.3 is 10.1 Å². The molecule has 0 spiro atoms. The van der Waals surface area contributed by atoms with Crippen LogP contribution in [0, 0.1) is 5.92 Å². The summed E-state index contributed by atoms with van der Waals surface area (Å²) in [5.74, 6) is -0.432. The summed E-state index contributed by atoms with van der Waals surface area (Å²) in [5, 5.41) is 3.44. The Hall–Kier alpha value is -1.36. The van der Waals surface area contributed by atoms with E-state index >= 15 is 0 Å². The van der Waals surface area contributed by atoms with Crippen LogP contribution in [0.1, 0.15) is 29.9 Å². The van der Waals surface area contributed by atoms with E-state index in [9.17, 15) is 9.59 Å². The zero-order chi connectivity index (χ0) is 12.1. The van der Waals surface area contributed by atoms with Crippen LogP contribution in [0.4, 0.5) is 5.00 Å². The van der Waals surface area contributed by atoms with Gasteiger partial charge in [0.2, 0.25) is 5.91 Å². The van der Waals surface area contributed by atoms with E-state index in [4.69, 9.17) is 0 Å². The second-order valence-corrected chi connectivity index (χ2v) is 4.54. The Morgan fingerprint density at radius 3 is 2.75 bits per heavy atom. The minimum Gasteiger partial charge on any atom is -0.465 e. The predicted molar refractivity (Wildman–Crippen MR) is 63.7 cm³/mol. The largest absolute Gasteiger partial charge is 0.465 e. The summed E-state index contributed by atoms with van der Waals surface area (Å²) >= 11 is 1.22. The van der Waals surface area contributed by atoms with Crippen molar-refractivity contribution in [1.29, 1.82) is 0 Å². The van der Waals surface area contributed by atoms with Crippen LogP contribution in [-0.2, 0) is 9.53 Å². The molecule has 1 heterocycles. The Morgan fingerprint density at radius 2 is 2.19 bits per heavy atom. The lowest BCUT2D eigenvalue weighted by Gasteiger charge is -2.07. The number of thiophene rings is 1. The zero-order valence-corrected chi connectivity index (χ0v) is 10.4. The molecular formula is C11H15NO3S. The van der Waals surface area contributed by atoms with Gasteiger partial charge in [-0.2, -0.15) is 0 Å². The molecule has 0 aliphatic carbocycles. The molecule has 1 amide bonds. The minimum absolute atomic E-state index is 0.0244. The van der Waals surface area contributed by atoms with Crippen LogP contribution in [0.15, 0.2) is 12.1 Å². The summed E-state index contributed by atoms with van der Waals surface area (Å²) in [7, 11) is 1.33. The number of esters is 1. The standard InChI is InChI=1S/C11H15NO3S/c1-4-7(2)10(13)12-9-6-5-8(16-9)11(14)15-3/h5-7H,4H2,1-3H3,(H,12,13)/t7-/m0/s1. The third kappa shape index (κ3) is 3.06. The van der Waals surface area contributed by atoms with Gasteiger partial charge in [-0.25, -0.2) is 4.79 Å². The van der Waals surface area contributed by atoms with Gasteiger partial charge in [-0.15, -0.1) is 11.3 Å². The van der Waals surface area contributed by atoms with Crippen molar-refractivity contribution in [2.24, 2.45) is 5.92 Å². The number of anilines is 1. The molecule has 0 radical (unpaired) electrons. The SMILES string of the molecule is CC[C@H](C)C(=O)Nc1ccc(C(=O)OC)s1. The van der Waals surface area contributed by atoms with E-state index in [-0.39, 0.29) is 17.8 Å². The summed E-state index contributed by atoms with van der Waals surface area (Å²) in [6, 6.07) is 3.35. The molecule has 1 aromatic rings. The molecule has 1 atom stereocenters. The Labute approximate surface area is 98.6 Å². The minimum atomic E-state index is -0.381. The number of hydrogen-bond donors (Lipinski definition) is 1. The van der Waals surface area contributed by atoms with E-state index in [0.717, 1.165) is 6.42 Å². The number of hydrogen-bond acceptors (Lipinski definition) is 4. The number of rotatable bonds is 4. The smallest absolute Gasteiger partial charge is 0.348 e. The van der Waals surface area contributed by atoms with E-state index in [1.165, 1.54) is 18.4 Å². The normalized spacial score (nSPS) is 11.9. The molecule has 1 aromatic heterocycles. The second kappa shape index (κ2) is 5.65. The molecule has 4 nitrogen and oxygen atoms in total. The van der Waals surface area contributed by atoms with E-state index < -0.39 is 0 Å². The average molecular weight is 241 g/mol. The lowest BCUT2D eigenvalue weighted by Crippen LogP contribution is -2.18. The highest BCUT2D eigenvalue weighted by Gasteiger charge is 2.13. The van der Waals surface area contributed by atoms with Crippen molar-refractivity contribution < 1.29 is 14.3 Å². The lowest BCUT2D eigenvalue weighted by molar-refractivity contribution is -0.119. The number of methoxy groups -OCH3 is 1. The van der Waals surface area contributed by atoms with Crippen molar-refractivity contribution in [3.05, 3.63) is 17.0 Å². The molecule has 0 saturated carbocycles. The van der Waals surface area contributed by atoms with Gasteiger partial charge in [0.1, 0.15) is 4.88 Å². The van der Waals surface area contributed by atoms with E-state index in [2.05, 4.69) is 10.1 Å². The van der Waals surface area contributed by atoms with Crippen LogP contribution in [-0.4, -0.2) is 19.0 Å². The van der Waals surface area contributed by atoms with Crippen LogP contribution in [0.3, 0.4) is 0 Å². The first-order chi connectivity index (χ1) is 7.58. The summed E-state index contributed by atoms with van der Waals surface area (Å²) in [6.07, 6.45) is 0.793. The quantitative estimate of drug-likeness (QED) is 0.824. The molecule has 88 valence electrons. The molecule has 0 aliphatic rings. The Balaban J connectivity index is 2.65. The first-order valence-electron chi connectivity index (χ1n) is 5.07. The van der Waals surface area contributed by atoms with Crippen molar-refractivity contribution in [1.82, 2.24) is 0 Å². The van der Waals surface area contributed by atoms with Gasteiger partial charge in [-0.1, -0.05) is 13.8 Å². The van der Waals surface area contributed by atoms with Crippen molar-refractivity contribution in [3.8, 4) is 0 Å². The van der Waals surface area contributed by atoms with Gasteiger partial charge >= 0.3 is 5.97 Å². The molecule has 0 aliphatic heterocycles. The highest BCUT2D eigenvalue weighted by atomic mass is 32.1. The fourth-order valence-electron chi connectivity index (χ4n) is 1.05. The molecule has 0 bridgehead atoms. The molecule has 16 heavy (non-hydrogen) atoms. The van der Waals surface area contributed by atoms with E-state index in [1.54, 1.807) is 12.1 Å².